The Kier molecular flexibility index (Phi) is 5.25. The predicted octanol–water partition coefficient (Wildman–Crippen LogP) is 1.98. The molecule has 0 aliphatic heterocycles. The number of nitrogens with one attached hydrogen (secondary N) is 1. The molecule has 0 aromatic carbocycles. The molecule has 1 aromatic heterocycles. The molecular weight excluding hydrogens is 204 g/mol. The van der Waals surface area contributed by atoms with Crippen LogP contribution < -0.4 is 10.2 Å². The van der Waals surface area contributed by atoms with Gasteiger partial charge in [0.05, 0.1) is 6.04 Å². The summed E-state index contributed by atoms with van der Waals surface area (Å²) >= 11 is 0. The van der Waals surface area contributed by atoms with E-state index in [2.05, 4.69) is 29.4 Å². The van der Waals surface area contributed by atoms with Crippen molar-refractivity contribution in [1.29, 1.82) is 0 Å². The average Bonchev–Trinajstić information content (AvgIpc) is 2.75. The van der Waals surface area contributed by atoms with Crippen LogP contribution >= 0.6 is 0 Å². The normalized spacial score (nSPS) is 12.8. The minimum Gasteiger partial charge on any atom is -0.406 e. The molecule has 0 saturated heterocycles. The van der Waals surface area contributed by atoms with Gasteiger partial charge >= 0.3 is 6.01 Å². The summed E-state index contributed by atoms with van der Waals surface area (Å²) in [5, 5.41) is 11.4. The van der Waals surface area contributed by atoms with Crippen molar-refractivity contribution >= 4 is 6.01 Å². The summed E-state index contributed by atoms with van der Waals surface area (Å²) in [6.07, 6.45) is 2.17. The van der Waals surface area contributed by atoms with E-state index in [1.807, 2.05) is 18.9 Å². The zero-order chi connectivity index (χ0) is 12.0. The van der Waals surface area contributed by atoms with Crippen LogP contribution in [0.4, 0.5) is 6.01 Å². The Morgan fingerprint density at radius 3 is 2.69 bits per heavy atom. The van der Waals surface area contributed by atoms with Crippen molar-refractivity contribution < 1.29 is 4.42 Å². The zero-order valence-corrected chi connectivity index (χ0v) is 10.7. The van der Waals surface area contributed by atoms with Gasteiger partial charge in [-0.05, 0) is 26.3 Å². The molecule has 0 aliphatic rings. The van der Waals surface area contributed by atoms with Crippen molar-refractivity contribution in [3.05, 3.63) is 5.89 Å². The van der Waals surface area contributed by atoms with Gasteiger partial charge in [0.1, 0.15) is 0 Å². The summed E-state index contributed by atoms with van der Waals surface area (Å²) in [5.74, 6) is 0.659. The molecule has 1 atom stereocenters. The molecule has 0 aliphatic carbocycles. The van der Waals surface area contributed by atoms with Crippen LogP contribution in [0.2, 0.25) is 0 Å². The molecule has 16 heavy (non-hydrogen) atoms. The highest BCUT2D eigenvalue weighted by Crippen LogP contribution is 2.16. The van der Waals surface area contributed by atoms with E-state index >= 15 is 0 Å². The molecule has 0 bridgehead atoms. The number of rotatable bonds is 7. The number of nitrogens with zero attached hydrogens (tertiary/aromatic N) is 3. The first-order valence-electron chi connectivity index (χ1n) is 5.96. The van der Waals surface area contributed by atoms with Crippen molar-refractivity contribution in [2.24, 2.45) is 0 Å². The third-order valence-electron chi connectivity index (χ3n) is 2.39. The van der Waals surface area contributed by atoms with E-state index < -0.39 is 0 Å². The summed E-state index contributed by atoms with van der Waals surface area (Å²) in [6.45, 7) is 8.18. The minimum atomic E-state index is 0.122. The van der Waals surface area contributed by atoms with Crippen LogP contribution in [0.25, 0.3) is 0 Å². The highest BCUT2D eigenvalue weighted by Gasteiger charge is 2.14. The second-order valence-electron chi connectivity index (χ2n) is 4.02. The summed E-state index contributed by atoms with van der Waals surface area (Å²) < 4.78 is 5.60. The van der Waals surface area contributed by atoms with Gasteiger partial charge in [-0.3, -0.25) is 0 Å². The lowest BCUT2D eigenvalue weighted by atomic mass is 10.3. The monoisotopic (exact) mass is 226 g/mol. The molecule has 1 rings (SSSR count). The molecule has 0 saturated carbocycles. The number of aromatic nitrogens is 2. The molecule has 1 N–H and O–H groups in total. The van der Waals surface area contributed by atoms with Crippen molar-refractivity contribution in [2.45, 2.75) is 39.7 Å². The highest BCUT2D eigenvalue weighted by molar-refractivity contribution is 5.21. The van der Waals surface area contributed by atoms with Gasteiger partial charge in [0, 0.05) is 13.6 Å². The topological polar surface area (TPSA) is 54.2 Å². The van der Waals surface area contributed by atoms with Crippen LogP contribution in [0.3, 0.4) is 0 Å². The second kappa shape index (κ2) is 6.48. The van der Waals surface area contributed by atoms with E-state index in [9.17, 15) is 0 Å². The Bertz CT molecular complexity index is 300. The maximum absolute atomic E-state index is 5.60. The van der Waals surface area contributed by atoms with Crippen LogP contribution in [0.5, 0.6) is 0 Å². The molecule has 1 heterocycles. The molecule has 0 fully saturated rings. The highest BCUT2D eigenvalue weighted by atomic mass is 16.4. The van der Waals surface area contributed by atoms with Gasteiger partial charge in [-0.15, -0.1) is 5.10 Å². The quantitative estimate of drug-likeness (QED) is 0.770. The van der Waals surface area contributed by atoms with Crippen molar-refractivity contribution in [3.63, 3.8) is 0 Å². The van der Waals surface area contributed by atoms with Crippen LogP contribution in [0, 0.1) is 0 Å². The van der Waals surface area contributed by atoms with Crippen LogP contribution in [0.15, 0.2) is 4.42 Å². The van der Waals surface area contributed by atoms with E-state index in [1.165, 1.54) is 0 Å². The fourth-order valence-corrected chi connectivity index (χ4v) is 1.43. The van der Waals surface area contributed by atoms with Gasteiger partial charge in [-0.1, -0.05) is 18.9 Å². The predicted molar refractivity (Wildman–Crippen MR) is 64.6 cm³/mol. The second-order valence-corrected chi connectivity index (χ2v) is 4.02. The Morgan fingerprint density at radius 2 is 2.06 bits per heavy atom. The molecule has 1 unspecified atom stereocenters. The maximum atomic E-state index is 5.60. The molecular formula is C11H22N4O. The van der Waals surface area contributed by atoms with Gasteiger partial charge in [0.25, 0.3) is 0 Å². The summed E-state index contributed by atoms with van der Waals surface area (Å²) in [7, 11) is 1.96. The van der Waals surface area contributed by atoms with Crippen LogP contribution in [-0.2, 0) is 0 Å². The molecule has 92 valence electrons. The van der Waals surface area contributed by atoms with Crippen molar-refractivity contribution in [1.82, 2.24) is 15.5 Å². The number of anilines is 1. The Morgan fingerprint density at radius 1 is 1.31 bits per heavy atom. The lowest BCUT2D eigenvalue weighted by Gasteiger charge is -2.12. The Balaban J connectivity index is 2.56. The first-order chi connectivity index (χ1) is 7.69. The smallest absolute Gasteiger partial charge is 0.317 e. The average molecular weight is 226 g/mol. The lowest BCUT2D eigenvalue weighted by molar-refractivity contribution is 0.416. The molecule has 1 aromatic rings. The summed E-state index contributed by atoms with van der Waals surface area (Å²) in [5.41, 5.74) is 0. The van der Waals surface area contributed by atoms with Crippen molar-refractivity contribution in [3.8, 4) is 0 Å². The maximum Gasteiger partial charge on any atom is 0.317 e. The van der Waals surface area contributed by atoms with Gasteiger partial charge in [-0.25, -0.2) is 0 Å². The molecule has 5 heteroatoms. The van der Waals surface area contributed by atoms with Crippen LogP contribution in [-0.4, -0.2) is 30.3 Å². The van der Waals surface area contributed by atoms with Gasteiger partial charge in [0.15, 0.2) is 0 Å². The van der Waals surface area contributed by atoms with E-state index in [0.717, 1.165) is 25.9 Å². The van der Waals surface area contributed by atoms with E-state index in [4.69, 9.17) is 4.42 Å². The van der Waals surface area contributed by atoms with E-state index in [-0.39, 0.29) is 6.04 Å². The Hall–Kier alpha value is -1.10. The van der Waals surface area contributed by atoms with E-state index in [1.54, 1.807) is 0 Å². The number of hydrogen-bond donors (Lipinski definition) is 1. The SMILES string of the molecule is CCCNC(C)c1nnc(N(C)CCC)o1. The molecule has 0 amide bonds. The van der Waals surface area contributed by atoms with Gasteiger partial charge < -0.3 is 14.6 Å². The zero-order valence-electron chi connectivity index (χ0n) is 10.7. The van der Waals surface area contributed by atoms with Gasteiger partial charge in [0.2, 0.25) is 5.89 Å². The third-order valence-corrected chi connectivity index (χ3v) is 2.39. The summed E-state index contributed by atoms with van der Waals surface area (Å²) in [6, 6.07) is 0.721. The standard InChI is InChI=1S/C11H22N4O/c1-5-7-12-9(3)10-13-14-11(16-10)15(4)8-6-2/h9,12H,5-8H2,1-4H3. The van der Waals surface area contributed by atoms with Gasteiger partial charge in [-0.2, -0.15) is 0 Å². The first-order valence-corrected chi connectivity index (χ1v) is 5.96. The minimum absolute atomic E-state index is 0.122. The third kappa shape index (κ3) is 3.48. The Labute approximate surface area is 97.2 Å². The fraction of sp³-hybridized carbons (Fsp3) is 0.818. The molecule has 0 radical (unpaired) electrons. The first kappa shape index (κ1) is 13.0. The summed E-state index contributed by atoms with van der Waals surface area (Å²) in [4.78, 5) is 1.98. The van der Waals surface area contributed by atoms with Crippen molar-refractivity contribution in [2.75, 3.05) is 25.0 Å². The number of hydrogen-bond acceptors (Lipinski definition) is 5. The fourth-order valence-electron chi connectivity index (χ4n) is 1.43. The molecule has 5 nitrogen and oxygen atoms in total. The van der Waals surface area contributed by atoms with Crippen LogP contribution in [0.1, 0.15) is 45.5 Å². The lowest BCUT2D eigenvalue weighted by Crippen LogP contribution is -2.19. The van der Waals surface area contributed by atoms with E-state index in [0.29, 0.717) is 11.9 Å². The molecule has 0 spiro atoms. The largest absolute Gasteiger partial charge is 0.406 e.